The lowest BCUT2D eigenvalue weighted by Crippen LogP contribution is -2.66. The Labute approximate surface area is 193 Å². The first-order chi connectivity index (χ1) is 14.4. The molecule has 3 nitrogen and oxygen atoms in total. The Morgan fingerprint density at radius 2 is 1.42 bits per heavy atom. The summed E-state index contributed by atoms with van der Waals surface area (Å²) < 4.78 is 22.3. The van der Waals surface area contributed by atoms with Crippen LogP contribution in [0.3, 0.4) is 0 Å². The molecule has 0 aliphatic carbocycles. The van der Waals surface area contributed by atoms with Crippen LogP contribution in [0.5, 0.6) is 0 Å². The Kier molecular flexibility index (Phi) is 8.76. The second kappa shape index (κ2) is 10.5. The first-order valence-corrected chi connectivity index (χ1v) is 14.0. The van der Waals surface area contributed by atoms with Gasteiger partial charge in [0.2, 0.25) is 0 Å². The van der Waals surface area contributed by atoms with E-state index in [-0.39, 0.29) is 15.8 Å². The van der Waals surface area contributed by atoms with E-state index in [0.29, 0.717) is 6.61 Å². The van der Waals surface area contributed by atoms with Gasteiger partial charge in [0.05, 0.1) is 12.6 Å². The highest BCUT2D eigenvalue weighted by Gasteiger charge is 2.50. The maximum Gasteiger partial charge on any atom is 0.261 e. The average molecular weight is 458 g/mol. The van der Waals surface area contributed by atoms with Crippen LogP contribution in [0.25, 0.3) is 0 Å². The molecule has 2 atom stereocenters. The molecule has 0 heterocycles. The third kappa shape index (κ3) is 6.56. The Morgan fingerprint density at radius 1 is 0.968 bits per heavy atom. The van der Waals surface area contributed by atoms with E-state index in [2.05, 4.69) is 99.7 Å². The molecule has 0 aliphatic heterocycles. The lowest BCUT2D eigenvalue weighted by atomic mass is 10.1. The third-order valence-electron chi connectivity index (χ3n) is 5.37. The van der Waals surface area contributed by atoms with Gasteiger partial charge in [-0.05, 0) is 49.5 Å². The second-order valence-corrected chi connectivity index (χ2v) is 16.6. The summed E-state index contributed by atoms with van der Waals surface area (Å²) in [6.07, 6.45) is 0.722. The fourth-order valence-corrected chi connectivity index (χ4v) is 9.24. The van der Waals surface area contributed by atoms with Crippen LogP contribution in [0, 0.1) is 0 Å². The minimum absolute atomic E-state index is 0.0619. The van der Waals surface area contributed by atoms with Gasteiger partial charge < -0.3 is 8.98 Å². The molecule has 31 heavy (non-hydrogen) atoms. The quantitative estimate of drug-likeness (QED) is 0.329. The van der Waals surface area contributed by atoms with Crippen LogP contribution in [0.1, 0.15) is 54.9 Å². The highest BCUT2D eigenvalue weighted by Crippen LogP contribution is 2.37. The zero-order valence-corrected chi connectivity index (χ0v) is 22.0. The minimum atomic E-state index is -2.57. The van der Waals surface area contributed by atoms with Crippen LogP contribution in [-0.2, 0) is 15.8 Å². The number of nitrogens with one attached hydrogen (secondary N) is 1. The molecule has 0 aliphatic rings. The summed E-state index contributed by atoms with van der Waals surface area (Å²) >= 11 is -1.10. The molecule has 1 N–H and O–H groups in total. The van der Waals surface area contributed by atoms with E-state index in [9.17, 15) is 4.55 Å². The van der Waals surface area contributed by atoms with E-state index in [4.69, 9.17) is 4.43 Å². The van der Waals surface area contributed by atoms with E-state index >= 15 is 0 Å². The first kappa shape index (κ1) is 25.9. The smallest absolute Gasteiger partial charge is 0.261 e. The molecule has 0 saturated carbocycles. The SMILES string of the molecule is C=C(CO[Si](c1ccccc1)(c1ccccc1)C(C)(C)C)CC(C)N[S+]([O-])C(C)(C)C. The van der Waals surface area contributed by atoms with E-state index in [0.717, 1.165) is 12.0 Å². The van der Waals surface area contributed by atoms with Crippen LogP contribution in [0.4, 0.5) is 0 Å². The lowest BCUT2D eigenvalue weighted by molar-refractivity contribution is 0.323. The Hall–Kier alpha value is -1.37. The number of hydrogen-bond donors (Lipinski definition) is 1. The highest BCUT2D eigenvalue weighted by atomic mass is 32.2. The van der Waals surface area contributed by atoms with E-state index in [1.165, 1.54) is 10.4 Å². The number of hydrogen-bond acceptors (Lipinski definition) is 3. The molecule has 170 valence electrons. The molecule has 0 radical (unpaired) electrons. The van der Waals surface area contributed by atoms with Gasteiger partial charge in [0, 0.05) is 11.4 Å². The lowest BCUT2D eigenvalue weighted by Gasteiger charge is -2.43. The molecule has 2 unspecified atom stereocenters. The van der Waals surface area contributed by atoms with Gasteiger partial charge in [-0.2, -0.15) is 0 Å². The van der Waals surface area contributed by atoms with E-state index in [1.807, 2.05) is 20.8 Å². The monoisotopic (exact) mass is 457 g/mol. The van der Waals surface area contributed by atoms with Gasteiger partial charge in [0.1, 0.15) is 4.75 Å². The van der Waals surface area contributed by atoms with Crippen molar-refractivity contribution in [3.63, 3.8) is 0 Å². The molecule has 2 rings (SSSR count). The van der Waals surface area contributed by atoms with Gasteiger partial charge >= 0.3 is 0 Å². The standard InChI is InChI=1S/C26H39NO2SSi/c1-21(19-22(2)27-30(28)25(3,4)5)20-29-31(26(6,7)8,23-15-11-9-12-16-23)24-17-13-10-14-18-24/h9-18,22,27H,1,19-20H2,2-8H3. The maximum absolute atomic E-state index is 12.4. The van der Waals surface area contributed by atoms with E-state index in [1.54, 1.807) is 0 Å². The molecule has 0 fully saturated rings. The zero-order valence-electron chi connectivity index (χ0n) is 20.2. The van der Waals surface area contributed by atoms with Crippen molar-refractivity contribution in [2.24, 2.45) is 0 Å². The first-order valence-electron chi connectivity index (χ1n) is 11.0. The van der Waals surface area contributed by atoms with Crippen molar-refractivity contribution in [3.05, 3.63) is 72.8 Å². The van der Waals surface area contributed by atoms with Crippen molar-refractivity contribution in [2.45, 2.75) is 70.7 Å². The minimum Gasteiger partial charge on any atom is -0.598 e. The molecule has 0 bridgehead atoms. The second-order valence-electron chi connectivity index (χ2n) is 10.3. The fourth-order valence-electron chi connectivity index (χ4n) is 3.87. The van der Waals surface area contributed by atoms with Crippen molar-refractivity contribution in [1.29, 1.82) is 0 Å². The Morgan fingerprint density at radius 3 is 1.81 bits per heavy atom. The molecule has 0 saturated heterocycles. The molecule has 0 amide bonds. The van der Waals surface area contributed by atoms with Crippen LogP contribution in [-0.4, -0.2) is 30.3 Å². The van der Waals surface area contributed by atoms with Crippen molar-refractivity contribution >= 4 is 30.1 Å². The predicted molar refractivity (Wildman–Crippen MR) is 138 cm³/mol. The summed E-state index contributed by atoms with van der Waals surface area (Å²) in [6.45, 7) is 19.6. The molecule has 2 aromatic rings. The van der Waals surface area contributed by atoms with Crippen molar-refractivity contribution < 1.29 is 8.98 Å². The zero-order chi connectivity index (χ0) is 23.3. The summed E-state index contributed by atoms with van der Waals surface area (Å²) in [6, 6.07) is 21.3. The molecule has 0 aromatic heterocycles. The van der Waals surface area contributed by atoms with Crippen molar-refractivity contribution in [2.75, 3.05) is 6.61 Å². The third-order valence-corrected chi connectivity index (χ3v) is 12.1. The average Bonchev–Trinajstić information content (AvgIpc) is 2.68. The summed E-state index contributed by atoms with van der Waals surface area (Å²) in [5.74, 6) is 0. The van der Waals surface area contributed by atoms with Gasteiger partial charge in [0.25, 0.3) is 8.32 Å². The van der Waals surface area contributed by atoms with Crippen molar-refractivity contribution in [1.82, 2.24) is 4.72 Å². The summed E-state index contributed by atoms with van der Waals surface area (Å²) in [7, 11) is -2.57. The molecular weight excluding hydrogens is 418 g/mol. The molecule has 0 spiro atoms. The van der Waals surface area contributed by atoms with Crippen LogP contribution < -0.4 is 15.1 Å². The molecule has 5 heteroatoms. The van der Waals surface area contributed by atoms with Gasteiger partial charge in [-0.3, -0.25) is 0 Å². The van der Waals surface area contributed by atoms with Crippen molar-refractivity contribution in [3.8, 4) is 0 Å². The van der Waals surface area contributed by atoms with Gasteiger partial charge in [-0.15, -0.1) is 4.72 Å². The molecular formula is C26H39NO2SSi. The van der Waals surface area contributed by atoms with Gasteiger partial charge in [-0.1, -0.05) is 93.6 Å². The number of benzene rings is 2. The normalized spacial score (nSPS) is 14.8. The van der Waals surface area contributed by atoms with E-state index < -0.39 is 19.7 Å². The van der Waals surface area contributed by atoms with Crippen LogP contribution in [0.2, 0.25) is 5.04 Å². The largest absolute Gasteiger partial charge is 0.598 e. The highest BCUT2D eigenvalue weighted by molar-refractivity contribution is 7.90. The molecule has 2 aromatic carbocycles. The summed E-state index contributed by atoms with van der Waals surface area (Å²) in [4.78, 5) is 0. The van der Waals surface area contributed by atoms with Gasteiger partial charge in [-0.25, -0.2) is 0 Å². The predicted octanol–water partition coefficient (Wildman–Crippen LogP) is 4.95. The van der Waals surface area contributed by atoms with Gasteiger partial charge in [0.15, 0.2) is 0 Å². The van der Waals surface area contributed by atoms with Crippen LogP contribution >= 0.6 is 0 Å². The number of rotatable bonds is 9. The maximum atomic E-state index is 12.4. The Balaban J connectivity index is 2.26. The Bertz CT molecular complexity index is 788. The topological polar surface area (TPSA) is 44.3 Å². The summed E-state index contributed by atoms with van der Waals surface area (Å²) in [5.41, 5.74) is 1.01. The fraction of sp³-hybridized carbons (Fsp3) is 0.462. The summed E-state index contributed by atoms with van der Waals surface area (Å²) in [5, 5.41) is 2.47. The van der Waals surface area contributed by atoms with Crippen LogP contribution in [0.15, 0.2) is 72.8 Å².